The third kappa shape index (κ3) is 14.3. The van der Waals surface area contributed by atoms with Crippen molar-refractivity contribution >= 4 is 41.5 Å². The first-order chi connectivity index (χ1) is 22.1. The number of hydrogen-bond donors (Lipinski definition) is 8. The SMILES string of the molecule is COC(=O)[C@H](CO)NC(=O)[C@H](CCCCN)NC(=O)[C@H](CC(C)C)NC(=O)[C@H](C)NC(=O)/C(C=N)=C/Nc1ccc(C(C)(C)C)cc1. The third-order valence-electron chi connectivity index (χ3n) is 7.21. The molecule has 0 bridgehead atoms. The molecule has 14 nitrogen and oxygen atoms in total. The van der Waals surface area contributed by atoms with Crippen molar-refractivity contribution in [3.63, 3.8) is 0 Å². The van der Waals surface area contributed by atoms with Gasteiger partial charge in [0.1, 0.15) is 18.1 Å². The van der Waals surface area contributed by atoms with E-state index in [0.717, 1.165) is 18.9 Å². The minimum atomic E-state index is -1.32. The number of rotatable bonds is 19. The smallest absolute Gasteiger partial charge is 0.330 e. The van der Waals surface area contributed by atoms with E-state index < -0.39 is 60.4 Å². The Morgan fingerprint density at radius 3 is 1.98 bits per heavy atom. The number of unbranched alkanes of at least 4 members (excludes halogenated alkanes) is 1. The second kappa shape index (κ2) is 20.0. The molecule has 0 aromatic heterocycles. The Labute approximate surface area is 277 Å². The number of aliphatic hydroxyl groups excluding tert-OH is 1. The monoisotopic (exact) mass is 659 g/mol. The summed E-state index contributed by atoms with van der Waals surface area (Å²) in [4.78, 5) is 64.3. The number of anilines is 1. The summed E-state index contributed by atoms with van der Waals surface area (Å²) in [7, 11) is 1.12. The quantitative estimate of drug-likeness (QED) is 0.0462. The number of hydrogen-bond acceptors (Lipinski definition) is 10. The molecule has 0 unspecified atom stereocenters. The predicted molar refractivity (Wildman–Crippen MR) is 180 cm³/mol. The highest BCUT2D eigenvalue weighted by molar-refractivity contribution is 6.12. The molecule has 1 rings (SSSR count). The minimum Gasteiger partial charge on any atom is -0.467 e. The molecule has 0 radical (unpaired) electrons. The third-order valence-corrected chi connectivity index (χ3v) is 7.21. The van der Waals surface area contributed by atoms with Crippen LogP contribution in [0.3, 0.4) is 0 Å². The lowest BCUT2D eigenvalue weighted by molar-refractivity contribution is -0.146. The summed E-state index contributed by atoms with van der Waals surface area (Å²) < 4.78 is 4.59. The molecule has 0 spiro atoms. The highest BCUT2D eigenvalue weighted by Gasteiger charge is 2.31. The fourth-order valence-corrected chi connectivity index (χ4v) is 4.37. The molecule has 262 valence electrons. The first-order valence-electron chi connectivity index (χ1n) is 15.8. The Morgan fingerprint density at radius 2 is 1.47 bits per heavy atom. The second-order valence-electron chi connectivity index (χ2n) is 12.7. The van der Waals surface area contributed by atoms with Crippen molar-refractivity contribution in [1.29, 1.82) is 5.41 Å². The number of benzene rings is 1. The Morgan fingerprint density at radius 1 is 0.894 bits per heavy atom. The summed E-state index contributed by atoms with van der Waals surface area (Å²) >= 11 is 0. The Kier molecular flexibility index (Phi) is 17.4. The summed E-state index contributed by atoms with van der Waals surface area (Å²) in [5.41, 5.74) is 7.39. The maximum absolute atomic E-state index is 13.4. The molecule has 9 N–H and O–H groups in total. The Bertz CT molecular complexity index is 1240. The van der Waals surface area contributed by atoms with Crippen LogP contribution >= 0.6 is 0 Å². The maximum Gasteiger partial charge on any atom is 0.330 e. The van der Waals surface area contributed by atoms with Crippen molar-refractivity contribution in [1.82, 2.24) is 21.3 Å². The minimum absolute atomic E-state index is 0.0174. The molecule has 14 heteroatoms. The number of nitrogens with one attached hydrogen (secondary N) is 6. The number of carbonyl (C=O) groups excluding carboxylic acids is 5. The number of aliphatic hydroxyl groups is 1. The molecule has 0 fully saturated rings. The number of esters is 1. The lowest BCUT2D eigenvalue weighted by atomic mass is 9.87. The van der Waals surface area contributed by atoms with Gasteiger partial charge in [-0.05, 0) is 68.2 Å². The van der Waals surface area contributed by atoms with Crippen molar-refractivity contribution in [2.24, 2.45) is 11.7 Å². The fourth-order valence-electron chi connectivity index (χ4n) is 4.37. The van der Waals surface area contributed by atoms with E-state index in [4.69, 9.17) is 11.1 Å². The van der Waals surface area contributed by atoms with Gasteiger partial charge in [-0.2, -0.15) is 0 Å². The van der Waals surface area contributed by atoms with Gasteiger partial charge >= 0.3 is 5.97 Å². The second-order valence-corrected chi connectivity index (χ2v) is 12.7. The van der Waals surface area contributed by atoms with Gasteiger partial charge in [-0.3, -0.25) is 19.2 Å². The lowest BCUT2D eigenvalue weighted by Gasteiger charge is -2.26. The van der Waals surface area contributed by atoms with Crippen LogP contribution in [-0.2, 0) is 34.1 Å². The molecule has 0 aliphatic heterocycles. The van der Waals surface area contributed by atoms with Crippen LogP contribution in [0.15, 0.2) is 36.0 Å². The van der Waals surface area contributed by atoms with Gasteiger partial charge in [0.2, 0.25) is 17.7 Å². The number of methoxy groups -OCH3 is 1. The summed E-state index contributed by atoms with van der Waals surface area (Å²) in [5, 5.41) is 30.4. The summed E-state index contributed by atoms with van der Waals surface area (Å²) in [6.07, 6.45) is 3.71. The predicted octanol–water partition coefficient (Wildman–Crippen LogP) is 1.23. The van der Waals surface area contributed by atoms with Crippen LogP contribution in [0.4, 0.5) is 5.69 Å². The average Bonchev–Trinajstić information content (AvgIpc) is 3.02. The van der Waals surface area contributed by atoms with Crippen molar-refractivity contribution in [2.45, 2.75) is 96.8 Å². The van der Waals surface area contributed by atoms with E-state index in [0.29, 0.717) is 25.1 Å². The Hall–Kier alpha value is -4.30. The molecule has 47 heavy (non-hydrogen) atoms. The van der Waals surface area contributed by atoms with E-state index in [1.54, 1.807) is 0 Å². The standard InChI is InChI=1S/C33H53N7O7/c1-20(2)16-26(31(45)38-25(10-8-9-15-34)30(44)40-27(19-41)32(46)47-7)39-28(42)21(3)37-29(43)22(17-35)18-36-24-13-11-23(12-14-24)33(4,5)6/h11-14,17-18,20-21,25-27,35-36,41H,8-10,15-16,19,34H2,1-7H3,(H,37,43)(H,38,45)(H,39,42)(H,40,44)/b22-18+,35-17?/t21-,25-,26-,27-/m0/s1. The highest BCUT2D eigenvalue weighted by Crippen LogP contribution is 2.23. The fraction of sp³-hybridized carbons (Fsp3) is 0.576. The molecule has 1 aromatic carbocycles. The van der Waals surface area contributed by atoms with Gasteiger partial charge in [-0.1, -0.05) is 46.8 Å². The lowest BCUT2D eigenvalue weighted by Crippen LogP contribution is -2.58. The van der Waals surface area contributed by atoms with E-state index in [1.807, 2.05) is 38.1 Å². The van der Waals surface area contributed by atoms with Crippen LogP contribution in [-0.4, -0.2) is 85.3 Å². The molecule has 4 amide bonds. The molecular formula is C33H53N7O7. The molecule has 0 heterocycles. The molecule has 0 aliphatic rings. The van der Waals surface area contributed by atoms with Crippen molar-refractivity contribution in [2.75, 3.05) is 25.6 Å². The first-order valence-corrected chi connectivity index (χ1v) is 15.8. The van der Waals surface area contributed by atoms with Crippen molar-refractivity contribution < 1.29 is 33.8 Å². The van der Waals surface area contributed by atoms with E-state index in [2.05, 4.69) is 52.1 Å². The van der Waals surface area contributed by atoms with Gasteiger partial charge < -0.3 is 47.6 Å². The number of ether oxygens (including phenoxy) is 1. The Balaban J connectivity index is 2.99. The van der Waals surface area contributed by atoms with Gasteiger partial charge in [-0.25, -0.2) is 4.79 Å². The number of carbonyl (C=O) groups is 5. The summed E-state index contributed by atoms with van der Waals surface area (Å²) in [5.74, 6) is -3.55. The summed E-state index contributed by atoms with van der Waals surface area (Å²) in [6, 6.07) is 3.13. The topological polar surface area (TPSA) is 225 Å². The normalized spacial score (nSPS) is 14.2. The maximum atomic E-state index is 13.4. The van der Waals surface area contributed by atoms with Crippen molar-refractivity contribution in [3.05, 3.63) is 41.6 Å². The van der Waals surface area contributed by atoms with Crippen LogP contribution in [0.5, 0.6) is 0 Å². The zero-order chi connectivity index (χ0) is 35.7. The number of nitrogens with two attached hydrogens (primary N) is 1. The molecule has 4 atom stereocenters. The van der Waals surface area contributed by atoms with Gasteiger partial charge in [-0.15, -0.1) is 0 Å². The van der Waals surface area contributed by atoms with E-state index >= 15 is 0 Å². The van der Waals surface area contributed by atoms with Crippen LogP contribution in [0.25, 0.3) is 0 Å². The summed E-state index contributed by atoms with van der Waals surface area (Å²) in [6.45, 7) is 11.1. The molecule has 0 saturated carbocycles. The van der Waals surface area contributed by atoms with E-state index in [9.17, 15) is 29.1 Å². The van der Waals surface area contributed by atoms with Gasteiger partial charge in [0.25, 0.3) is 5.91 Å². The van der Waals surface area contributed by atoms with Gasteiger partial charge in [0.05, 0.1) is 19.3 Å². The molecule has 0 saturated heterocycles. The van der Waals surface area contributed by atoms with Gasteiger partial charge in [0, 0.05) is 18.1 Å². The van der Waals surface area contributed by atoms with Crippen molar-refractivity contribution in [3.8, 4) is 0 Å². The van der Waals surface area contributed by atoms with E-state index in [-0.39, 0.29) is 29.7 Å². The molecular weight excluding hydrogens is 606 g/mol. The first kappa shape index (κ1) is 40.7. The average molecular weight is 660 g/mol. The zero-order valence-corrected chi connectivity index (χ0v) is 28.6. The largest absolute Gasteiger partial charge is 0.467 e. The van der Waals surface area contributed by atoms with Crippen LogP contribution < -0.4 is 32.3 Å². The van der Waals surface area contributed by atoms with E-state index in [1.165, 1.54) is 13.1 Å². The van der Waals surface area contributed by atoms with Crippen LogP contribution in [0.2, 0.25) is 0 Å². The van der Waals surface area contributed by atoms with Crippen LogP contribution in [0, 0.1) is 11.3 Å². The van der Waals surface area contributed by atoms with Gasteiger partial charge in [0.15, 0.2) is 6.04 Å². The molecule has 0 aliphatic carbocycles. The molecule has 1 aromatic rings. The van der Waals surface area contributed by atoms with Crippen LogP contribution in [0.1, 0.15) is 72.8 Å². The zero-order valence-electron chi connectivity index (χ0n) is 28.6. The number of amides is 4. The highest BCUT2D eigenvalue weighted by atomic mass is 16.5.